The molecule has 2 amide bonds. The summed E-state index contributed by atoms with van der Waals surface area (Å²) in [5.74, 6) is 0.0230. The van der Waals surface area contributed by atoms with Crippen LogP contribution in [0.1, 0.15) is 39.2 Å². The van der Waals surface area contributed by atoms with E-state index in [4.69, 9.17) is 9.84 Å². The zero-order valence-corrected chi connectivity index (χ0v) is 19.3. The first kappa shape index (κ1) is 25.7. The molecule has 1 heterocycles. The molecular formula is C26H22F3N3O5. The van der Waals surface area contributed by atoms with Crippen LogP contribution < -0.4 is 15.4 Å². The summed E-state index contributed by atoms with van der Waals surface area (Å²) >= 11 is 0. The van der Waals surface area contributed by atoms with Crippen LogP contribution in [0.5, 0.6) is 11.5 Å². The van der Waals surface area contributed by atoms with Gasteiger partial charge in [0.1, 0.15) is 17.2 Å². The molecule has 1 unspecified atom stereocenters. The van der Waals surface area contributed by atoms with E-state index in [-0.39, 0.29) is 23.5 Å². The van der Waals surface area contributed by atoms with Crippen molar-refractivity contribution in [1.82, 2.24) is 10.3 Å². The quantitative estimate of drug-likeness (QED) is 0.373. The van der Waals surface area contributed by atoms with Gasteiger partial charge in [0, 0.05) is 30.4 Å². The zero-order valence-electron chi connectivity index (χ0n) is 19.3. The van der Waals surface area contributed by atoms with Crippen LogP contribution in [0.25, 0.3) is 0 Å². The van der Waals surface area contributed by atoms with Gasteiger partial charge in [-0.25, -0.2) is 4.79 Å². The summed E-state index contributed by atoms with van der Waals surface area (Å²) in [6, 6.07) is 11.6. The highest BCUT2D eigenvalue weighted by molar-refractivity contribution is 5.93. The van der Waals surface area contributed by atoms with Crippen molar-refractivity contribution in [2.75, 3.05) is 5.32 Å². The first-order valence-corrected chi connectivity index (χ1v) is 11.3. The largest absolute Gasteiger partial charge is 0.465 e. The number of aldehydes is 1. The number of alkyl halides is 3. The predicted molar refractivity (Wildman–Crippen MR) is 127 cm³/mol. The Kier molecular flexibility index (Phi) is 7.42. The highest BCUT2D eigenvalue weighted by Crippen LogP contribution is 2.34. The minimum atomic E-state index is -4.67. The van der Waals surface area contributed by atoms with Gasteiger partial charge < -0.3 is 20.5 Å². The van der Waals surface area contributed by atoms with Crippen molar-refractivity contribution >= 4 is 24.0 Å². The van der Waals surface area contributed by atoms with E-state index in [0.717, 1.165) is 23.3 Å². The van der Waals surface area contributed by atoms with Gasteiger partial charge in [0.15, 0.2) is 6.29 Å². The Hall–Kier alpha value is -4.41. The molecule has 0 fully saturated rings. The van der Waals surface area contributed by atoms with Crippen LogP contribution >= 0.6 is 0 Å². The van der Waals surface area contributed by atoms with Crippen LogP contribution in [0.15, 0.2) is 54.7 Å². The molecule has 8 nitrogen and oxygen atoms in total. The summed E-state index contributed by atoms with van der Waals surface area (Å²) < 4.78 is 45.9. The van der Waals surface area contributed by atoms with Crippen molar-refractivity contribution in [2.45, 2.75) is 32.0 Å². The lowest BCUT2D eigenvalue weighted by atomic mass is 9.83. The lowest BCUT2D eigenvalue weighted by molar-refractivity contribution is -0.137. The summed E-state index contributed by atoms with van der Waals surface area (Å²) in [6.07, 6.45) is -2.50. The first-order chi connectivity index (χ1) is 17.6. The molecule has 0 bridgehead atoms. The fourth-order valence-corrected chi connectivity index (χ4v) is 4.16. The molecule has 1 aromatic heterocycles. The van der Waals surface area contributed by atoms with Gasteiger partial charge in [-0.05, 0) is 72.4 Å². The molecular weight excluding hydrogens is 491 g/mol. The maximum Gasteiger partial charge on any atom is 0.416 e. The Bertz CT molecular complexity index is 1340. The molecule has 0 radical (unpaired) electrons. The summed E-state index contributed by atoms with van der Waals surface area (Å²) in [6.45, 7) is -0.340. The molecule has 3 N–H and O–H groups in total. The third-order valence-corrected chi connectivity index (χ3v) is 5.92. The first-order valence-electron chi connectivity index (χ1n) is 11.3. The Morgan fingerprint density at radius 1 is 1.08 bits per heavy atom. The number of hydrogen-bond acceptors (Lipinski definition) is 5. The lowest BCUT2D eigenvalue weighted by Gasteiger charge is -2.25. The second kappa shape index (κ2) is 10.7. The van der Waals surface area contributed by atoms with Gasteiger partial charge in [0.2, 0.25) is 5.91 Å². The van der Waals surface area contributed by atoms with Gasteiger partial charge >= 0.3 is 12.3 Å². The topological polar surface area (TPSA) is 118 Å². The number of ether oxygens (including phenoxy) is 1. The zero-order chi connectivity index (χ0) is 26.6. The highest BCUT2D eigenvalue weighted by Gasteiger charge is 2.32. The number of pyridine rings is 1. The van der Waals surface area contributed by atoms with Gasteiger partial charge in [-0.1, -0.05) is 6.07 Å². The number of carbonyl (C=O) groups is 3. The number of carbonyl (C=O) groups excluding carboxylic acids is 2. The van der Waals surface area contributed by atoms with E-state index in [1.807, 2.05) is 11.4 Å². The second-order valence-corrected chi connectivity index (χ2v) is 8.57. The number of aryl methyl sites for hydroxylation is 1. The normalized spacial score (nSPS) is 14.8. The molecule has 1 atom stereocenters. The van der Waals surface area contributed by atoms with Gasteiger partial charge in [0.25, 0.3) is 0 Å². The Morgan fingerprint density at radius 2 is 1.86 bits per heavy atom. The maximum atomic E-state index is 13.4. The number of amides is 2. The van der Waals surface area contributed by atoms with Crippen molar-refractivity contribution in [3.05, 3.63) is 82.7 Å². The number of fused-ring (bicyclic) bond motifs is 1. The molecule has 0 saturated heterocycles. The average molecular weight is 513 g/mol. The molecule has 1 aliphatic carbocycles. The Morgan fingerprint density at radius 3 is 2.59 bits per heavy atom. The number of anilines is 1. The number of carboxylic acid groups (broad SMARTS) is 1. The van der Waals surface area contributed by atoms with Gasteiger partial charge in [0.05, 0.1) is 5.56 Å². The van der Waals surface area contributed by atoms with Crippen molar-refractivity contribution in [3.8, 4) is 11.5 Å². The number of nitrogens with zero attached hydrogens (tertiary/aromatic N) is 1. The van der Waals surface area contributed by atoms with Crippen LogP contribution in [0.4, 0.5) is 23.7 Å². The number of hydrogen-bond donors (Lipinski definition) is 3. The second-order valence-electron chi connectivity index (χ2n) is 8.57. The average Bonchev–Trinajstić information content (AvgIpc) is 2.86. The number of nitrogens with one attached hydrogen (secondary N) is 2. The number of rotatable bonds is 7. The summed E-state index contributed by atoms with van der Waals surface area (Å²) in [7, 11) is 0. The fourth-order valence-electron chi connectivity index (χ4n) is 4.16. The molecule has 3 aromatic rings. The molecule has 0 spiro atoms. The molecule has 0 aliphatic heterocycles. The lowest BCUT2D eigenvalue weighted by Crippen LogP contribution is -2.28. The van der Waals surface area contributed by atoms with Crippen LogP contribution in [-0.2, 0) is 30.4 Å². The molecule has 192 valence electrons. The third kappa shape index (κ3) is 6.63. The highest BCUT2D eigenvalue weighted by atomic mass is 19.4. The SMILES string of the molecule is O=Cc1cc(Oc2ccc3c(c2)CC(C(=O)Nc2cc(CNC(=O)O)cc(C(F)(F)F)c2)CC3)ccn1. The number of aromatic nitrogens is 1. The van der Waals surface area contributed by atoms with Crippen LogP contribution in [0.2, 0.25) is 0 Å². The van der Waals surface area contributed by atoms with E-state index in [9.17, 15) is 27.6 Å². The summed E-state index contributed by atoms with van der Waals surface area (Å²) in [5, 5.41) is 13.4. The van der Waals surface area contributed by atoms with Gasteiger partial charge in [-0.15, -0.1) is 0 Å². The summed E-state index contributed by atoms with van der Waals surface area (Å²) in [4.78, 5) is 38.6. The maximum absolute atomic E-state index is 13.4. The van der Waals surface area contributed by atoms with E-state index in [2.05, 4.69) is 10.3 Å². The molecule has 2 aromatic carbocycles. The minimum absolute atomic E-state index is 0.0615. The smallest absolute Gasteiger partial charge is 0.416 e. The van der Waals surface area contributed by atoms with E-state index >= 15 is 0 Å². The minimum Gasteiger partial charge on any atom is -0.465 e. The summed E-state index contributed by atoms with van der Waals surface area (Å²) in [5.41, 5.74) is 1.16. The molecule has 37 heavy (non-hydrogen) atoms. The van der Waals surface area contributed by atoms with E-state index < -0.39 is 29.7 Å². The molecule has 11 heteroatoms. The van der Waals surface area contributed by atoms with Gasteiger partial charge in [-0.2, -0.15) is 13.2 Å². The van der Waals surface area contributed by atoms with E-state index in [0.29, 0.717) is 37.0 Å². The van der Waals surface area contributed by atoms with Gasteiger partial charge in [-0.3, -0.25) is 14.6 Å². The van der Waals surface area contributed by atoms with Crippen molar-refractivity contribution < 1.29 is 37.4 Å². The monoisotopic (exact) mass is 513 g/mol. The Balaban J connectivity index is 1.49. The fraction of sp³-hybridized carbons (Fsp3) is 0.231. The van der Waals surface area contributed by atoms with Crippen LogP contribution in [0, 0.1) is 5.92 Å². The Labute approximate surface area is 209 Å². The number of benzene rings is 2. The van der Waals surface area contributed by atoms with Crippen molar-refractivity contribution in [1.29, 1.82) is 0 Å². The van der Waals surface area contributed by atoms with Crippen LogP contribution in [0.3, 0.4) is 0 Å². The molecule has 1 aliphatic rings. The molecule has 4 rings (SSSR count). The predicted octanol–water partition coefficient (Wildman–Crippen LogP) is 5.22. The molecule has 0 saturated carbocycles. The van der Waals surface area contributed by atoms with Crippen LogP contribution in [-0.4, -0.2) is 28.4 Å². The standard InChI is InChI=1S/C26H22F3N3O5/c27-26(28,29)19-7-15(13-31-25(35)36)8-20(11-19)32-24(34)17-2-1-16-3-4-22(10-18(16)9-17)37-23-5-6-30-21(12-23)14-33/h3-8,10-12,14,17,31H,1-2,9,13H2,(H,32,34)(H,35,36). The van der Waals surface area contributed by atoms with E-state index in [1.54, 1.807) is 18.2 Å². The number of halogens is 3. The van der Waals surface area contributed by atoms with Crippen molar-refractivity contribution in [2.24, 2.45) is 5.92 Å². The van der Waals surface area contributed by atoms with E-state index in [1.165, 1.54) is 18.3 Å². The third-order valence-electron chi connectivity index (χ3n) is 5.92. The van der Waals surface area contributed by atoms with Crippen molar-refractivity contribution in [3.63, 3.8) is 0 Å².